The van der Waals surface area contributed by atoms with Gasteiger partial charge in [0, 0.05) is 29.6 Å². The highest BCUT2D eigenvalue weighted by atomic mass is 32.2. The van der Waals surface area contributed by atoms with Gasteiger partial charge < -0.3 is 15.0 Å². The molecule has 0 radical (unpaired) electrons. The Kier molecular flexibility index (Phi) is 12.3. The van der Waals surface area contributed by atoms with Gasteiger partial charge in [-0.05, 0) is 174 Å². The molecular formula is C45H59N9O6S2. The highest BCUT2D eigenvalue weighted by Gasteiger charge is 2.34. The molecule has 17 heteroatoms. The summed E-state index contributed by atoms with van der Waals surface area (Å²) in [6.07, 6.45) is 18.9. The number of ether oxygens (including phenoxy) is 1. The molecule has 15 nitrogen and oxygen atoms in total. The lowest BCUT2D eigenvalue weighted by molar-refractivity contribution is 0.256. The second-order valence-corrected chi connectivity index (χ2v) is 21.3. The van der Waals surface area contributed by atoms with Gasteiger partial charge in [-0.1, -0.05) is 26.0 Å². The Labute approximate surface area is 365 Å². The van der Waals surface area contributed by atoms with Crippen molar-refractivity contribution in [2.24, 2.45) is 5.14 Å². The van der Waals surface area contributed by atoms with Gasteiger partial charge in [-0.2, -0.15) is 18.6 Å². The number of nitrogens with two attached hydrogens (primary N) is 1. The van der Waals surface area contributed by atoms with Gasteiger partial charge in [-0.15, -0.1) is 5.26 Å². The zero-order chi connectivity index (χ0) is 44.1. The molecule has 2 saturated carbocycles. The smallest absolute Gasteiger partial charge is 0.333 e. The Balaban J connectivity index is 0.000000140. The lowest BCUT2D eigenvalue weighted by atomic mass is 9.99. The monoisotopic (exact) mass is 885 g/mol. The predicted molar refractivity (Wildman–Crippen MR) is 235 cm³/mol. The van der Waals surface area contributed by atoms with E-state index >= 15 is 0 Å². The maximum Gasteiger partial charge on any atom is 0.333 e. The Bertz CT molecular complexity index is 2570. The number of hydrogen-bond donors (Lipinski definition) is 3. The van der Waals surface area contributed by atoms with E-state index in [2.05, 4.69) is 32.4 Å². The molecule has 0 bridgehead atoms. The highest BCUT2D eigenvalue weighted by molar-refractivity contribution is 7.90. The fourth-order valence-corrected chi connectivity index (χ4v) is 10.8. The molecule has 332 valence electrons. The third-order valence-electron chi connectivity index (χ3n) is 13.1. The molecule has 6 aliphatic rings. The molecule has 2 aromatic carbocycles. The van der Waals surface area contributed by atoms with E-state index in [1.807, 2.05) is 55.4 Å². The molecule has 0 saturated heterocycles. The van der Waals surface area contributed by atoms with E-state index in [1.165, 1.54) is 57.3 Å². The number of nitrogens with zero attached hydrogens (tertiary/aromatic N) is 6. The van der Waals surface area contributed by atoms with E-state index in [1.54, 1.807) is 12.1 Å². The highest BCUT2D eigenvalue weighted by Crippen LogP contribution is 2.42. The number of sulfonamides is 2. The van der Waals surface area contributed by atoms with E-state index in [-0.39, 0.29) is 28.1 Å². The lowest BCUT2D eigenvalue weighted by Gasteiger charge is -2.20. The predicted octanol–water partition coefficient (Wildman–Crippen LogP) is 6.84. The number of anilines is 1. The fourth-order valence-electron chi connectivity index (χ4n) is 9.49. The van der Waals surface area contributed by atoms with Crippen molar-refractivity contribution in [2.75, 3.05) is 19.4 Å². The summed E-state index contributed by atoms with van der Waals surface area (Å²) >= 11 is 0. The minimum absolute atomic E-state index is 0.0342. The van der Waals surface area contributed by atoms with Gasteiger partial charge in [-0.25, -0.2) is 23.1 Å². The van der Waals surface area contributed by atoms with Gasteiger partial charge in [0.15, 0.2) is 10.1 Å². The van der Waals surface area contributed by atoms with Gasteiger partial charge >= 0.3 is 6.03 Å². The molecular weight excluding hydrogens is 827 g/mol. The van der Waals surface area contributed by atoms with Gasteiger partial charge in [0.1, 0.15) is 5.75 Å². The van der Waals surface area contributed by atoms with Crippen LogP contribution in [0.2, 0.25) is 0 Å². The SMILES string of the molecule is CC(C)c1cc(S(=O)(=O)NC(=O)Nc2c3c(cc4c2CCC4)CCC3)nn1C1CC1.CC(c1cc(S(N)(=O)=O)nn1C1CC1)N(C)C.N#COc1c2c(cc3c1CCC3)CCC2. The number of aromatic nitrogens is 4. The minimum atomic E-state index is -4.04. The van der Waals surface area contributed by atoms with Gasteiger partial charge in [0.05, 0.1) is 17.8 Å². The second kappa shape index (κ2) is 17.4. The molecule has 1 unspecified atom stereocenters. The van der Waals surface area contributed by atoms with Crippen molar-refractivity contribution in [1.29, 1.82) is 5.26 Å². The number of nitriles is 1. The van der Waals surface area contributed by atoms with Crippen LogP contribution in [0.25, 0.3) is 0 Å². The van der Waals surface area contributed by atoms with Crippen LogP contribution in [-0.4, -0.2) is 61.4 Å². The van der Waals surface area contributed by atoms with Crippen LogP contribution in [0.4, 0.5) is 10.5 Å². The summed E-state index contributed by atoms with van der Waals surface area (Å²) in [6.45, 7) is 6.05. The van der Waals surface area contributed by atoms with Gasteiger partial charge in [0.25, 0.3) is 26.3 Å². The number of aryl methyl sites for hydroxylation is 4. The topological polar surface area (TPSA) is 207 Å². The molecule has 0 aliphatic heterocycles. The Hall–Kier alpha value is -4.76. The second-order valence-electron chi connectivity index (χ2n) is 18.2. The van der Waals surface area contributed by atoms with Gasteiger partial charge in [-0.3, -0.25) is 9.36 Å². The van der Waals surface area contributed by atoms with E-state index in [4.69, 9.17) is 15.1 Å². The Morgan fingerprint density at radius 3 is 1.65 bits per heavy atom. The number of fused-ring (bicyclic) bond motifs is 4. The van der Waals surface area contributed by atoms with Crippen molar-refractivity contribution < 1.29 is 26.4 Å². The molecule has 4 aromatic rings. The summed E-state index contributed by atoms with van der Waals surface area (Å²) in [4.78, 5) is 14.8. The molecule has 2 aromatic heterocycles. The Morgan fingerprint density at radius 1 is 0.742 bits per heavy atom. The Morgan fingerprint density at radius 2 is 1.19 bits per heavy atom. The third-order valence-corrected chi connectivity index (χ3v) is 15.1. The standard InChI is InChI=1S/C22H28N4O3S.C13H13NO.C10H18N4O2S/c1-13(2)19-12-20(24-26(19)16-9-10-16)30(28,29)25-22(27)23-21-17-7-3-5-14(17)11-15-6-4-8-18(15)21;14-8-15-13-11-5-1-3-9(11)7-10-4-2-6-12(10)13;1-7(13(2)3)9-6-10(17(11,15)16)12-14(9)8-4-5-8/h11-13,16H,3-10H2,1-2H3,(H2,23,25,27);7H,1-6H2;6-8H,4-5H2,1-3H3,(H2,11,15,16). The molecule has 2 amide bonds. The minimum Gasteiger partial charge on any atom is -0.387 e. The number of primary sulfonamides is 1. The summed E-state index contributed by atoms with van der Waals surface area (Å²) in [5.41, 5.74) is 13.0. The maximum atomic E-state index is 12.9. The first-order chi connectivity index (χ1) is 29.5. The van der Waals surface area contributed by atoms with E-state index < -0.39 is 26.1 Å². The van der Waals surface area contributed by atoms with Crippen LogP contribution in [0.1, 0.15) is 152 Å². The maximum absolute atomic E-state index is 12.9. The number of carbonyl (C=O) groups is 1. The first-order valence-corrected chi connectivity index (χ1v) is 25.2. The molecule has 10 rings (SSSR count). The van der Waals surface area contributed by atoms with E-state index in [0.29, 0.717) is 6.04 Å². The van der Waals surface area contributed by atoms with E-state index in [9.17, 15) is 21.6 Å². The number of urea groups is 1. The van der Waals surface area contributed by atoms with Crippen LogP contribution < -0.4 is 19.9 Å². The number of hydrogen-bond acceptors (Lipinski definition) is 10. The number of carbonyl (C=O) groups excluding carboxylic acids is 1. The van der Waals surface area contributed by atoms with Crippen LogP contribution >= 0.6 is 0 Å². The lowest BCUT2D eigenvalue weighted by Crippen LogP contribution is -2.35. The van der Waals surface area contributed by atoms with Gasteiger partial charge in [0.2, 0.25) is 0 Å². The zero-order valence-corrected chi connectivity index (χ0v) is 38.1. The van der Waals surface area contributed by atoms with Crippen LogP contribution in [0.15, 0.2) is 34.3 Å². The van der Waals surface area contributed by atoms with Crippen molar-refractivity contribution >= 4 is 31.8 Å². The zero-order valence-electron chi connectivity index (χ0n) is 36.5. The first kappa shape index (κ1) is 43.9. The van der Waals surface area contributed by atoms with Crippen LogP contribution in [0.5, 0.6) is 5.75 Å². The van der Waals surface area contributed by atoms with Crippen LogP contribution in [-0.2, 0) is 71.4 Å². The number of amides is 2. The molecule has 4 N–H and O–H groups in total. The number of nitrogens with one attached hydrogen (secondary N) is 2. The van der Waals surface area contributed by atoms with Crippen molar-refractivity contribution in [3.05, 3.63) is 80.2 Å². The normalized spacial score (nSPS) is 17.9. The largest absolute Gasteiger partial charge is 0.387 e. The first-order valence-electron chi connectivity index (χ1n) is 22.1. The average molecular weight is 886 g/mol. The average Bonchev–Trinajstić information content (AvgIpc) is 3.73. The quantitative estimate of drug-likeness (QED) is 0.141. The molecule has 6 aliphatic carbocycles. The van der Waals surface area contributed by atoms with E-state index in [0.717, 1.165) is 113 Å². The third kappa shape index (κ3) is 9.15. The van der Waals surface area contributed by atoms with Crippen LogP contribution in [0.3, 0.4) is 0 Å². The summed E-state index contributed by atoms with van der Waals surface area (Å²) in [7, 11) is -3.86. The van der Waals surface area contributed by atoms with Crippen LogP contribution in [0, 0.1) is 11.5 Å². The van der Waals surface area contributed by atoms with Crippen molar-refractivity contribution in [3.63, 3.8) is 0 Å². The molecule has 62 heavy (non-hydrogen) atoms. The molecule has 2 heterocycles. The van der Waals surface area contributed by atoms with Crippen molar-refractivity contribution in [1.82, 2.24) is 29.2 Å². The molecule has 2 fully saturated rings. The van der Waals surface area contributed by atoms with Crippen molar-refractivity contribution in [3.8, 4) is 12.0 Å². The van der Waals surface area contributed by atoms with Crippen molar-refractivity contribution in [2.45, 2.75) is 158 Å². The number of rotatable bonds is 10. The summed E-state index contributed by atoms with van der Waals surface area (Å²) in [5.74, 6) is 1.06. The number of benzene rings is 2. The summed E-state index contributed by atoms with van der Waals surface area (Å²) < 4.78 is 59.4. The summed E-state index contributed by atoms with van der Waals surface area (Å²) in [6, 6.07) is 7.80. The molecule has 1 atom stereocenters. The summed E-state index contributed by atoms with van der Waals surface area (Å²) in [5, 5.41) is 25.0. The fraction of sp³-hybridized carbons (Fsp3) is 0.556. The molecule has 0 spiro atoms.